The van der Waals surface area contributed by atoms with Gasteiger partial charge in [0.15, 0.2) is 4.58 Å². The number of nitrogens with one attached hydrogen (secondary N) is 1. The van der Waals surface area contributed by atoms with Gasteiger partial charge in [-0.1, -0.05) is 6.58 Å². The van der Waals surface area contributed by atoms with E-state index in [2.05, 4.69) is 11.9 Å². The van der Waals surface area contributed by atoms with Crippen LogP contribution in [0.3, 0.4) is 0 Å². The molecule has 1 aliphatic rings. The van der Waals surface area contributed by atoms with Gasteiger partial charge in [-0.2, -0.15) is 26.3 Å². The van der Waals surface area contributed by atoms with E-state index in [9.17, 15) is 48.0 Å². The maximum atomic E-state index is 12.8. The molecule has 0 saturated heterocycles. The summed E-state index contributed by atoms with van der Waals surface area (Å²) in [7, 11) is -13.3. The minimum atomic E-state index is -6.64. The molecule has 14 heteroatoms. The van der Waals surface area contributed by atoms with Crippen LogP contribution < -0.4 is 5.32 Å². The van der Waals surface area contributed by atoms with E-state index >= 15 is 0 Å². The van der Waals surface area contributed by atoms with Crippen molar-refractivity contribution in [3.05, 3.63) is 12.2 Å². The Bertz CT molecular complexity index is 748. The molecule has 0 aliphatic heterocycles. The predicted molar refractivity (Wildman–Crippen MR) is 82.4 cm³/mol. The van der Waals surface area contributed by atoms with Crippen molar-refractivity contribution in [3.8, 4) is 0 Å². The summed E-state index contributed by atoms with van der Waals surface area (Å²) in [6.45, 7) is 4.74. The molecule has 0 aromatic carbocycles. The van der Waals surface area contributed by atoms with Gasteiger partial charge in [0.1, 0.15) is 0 Å². The predicted octanol–water partition coefficient (Wildman–Crippen LogP) is 2.43. The fourth-order valence-corrected chi connectivity index (χ4v) is 6.85. The lowest BCUT2D eigenvalue weighted by molar-refractivity contribution is -0.118. The zero-order chi connectivity index (χ0) is 21.4. The van der Waals surface area contributed by atoms with Crippen LogP contribution in [-0.4, -0.2) is 44.4 Å². The topological polar surface area (TPSA) is 97.4 Å². The van der Waals surface area contributed by atoms with Crippen LogP contribution in [-0.2, 0) is 24.5 Å². The summed E-state index contributed by atoms with van der Waals surface area (Å²) in [5.74, 6) is -2.50. The van der Waals surface area contributed by atoms with Crippen LogP contribution in [0.2, 0.25) is 0 Å². The molecule has 1 amide bonds. The van der Waals surface area contributed by atoms with E-state index in [-0.39, 0.29) is 18.4 Å². The van der Waals surface area contributed by atoms with Gasteiger partial charge in [0.2, 0.25) is 5.91 Å². The molecule has 0 aromatic heterocycles. The van der Waals surface area contributed by atoms with Gasteiger partial charge in [0, 0.05) is 11.6 Å². The van der Waals surface area contributed by atoms with Gasteiger partial charge in [-0.05, 0) is 38.5 Å². The minimum absolute atomic E-state index is 0.120. The number of amides is 1. The van der Waals surface area contributed by atoms with E-state index in [0.29, 0.717) is 0 Å². The van der Waals surface area contributed by atoms with Crippen LogP contribution in [0, 0.1) is 5.92 Å². The van der Waals surface area contributed by atoms with Crippen molar-refractivity contribution in [1.29, 1.82) is 0 Å². The van der Waals surface area contributed by atoms with E-state index in [1.54, 1.807) is 0 Å². The summed E-state index contributed by atoms with van der Waals surface area (Å²) >= 11 is 0. The highest BCUT2D eigenvalue weighted by molar-refractivity contribution is 8.09. The molecule has 27 heavy (non-hydrogen) atoms. The average molecular weight is 445 g/mol. The number of halogens is 6. The number of hydrogen-bond donors (Lipinski definition) is 1. The first-order chi connectivity index (χ1) is 11.9. The highest BCUT2D eigenvalue weighted by atomic mass is 32.3. The van der Waals surface area contributed by atoms with Crippen LogP contribution in [0.25, 0.3) is 0 Å². The highest BCUT2D eigenvalue weighted by Gasteiger charge is 2.65. The fraction of sp³-hybridized carbons (Fsp3) is 0.769. The van der Waals surface area contributed by atoms with Crippen LogP contribution in [0.15, 0.2) is 12.2 Å². The van der Waals surface area contributed by atoms with Crippen molar-refractivity contribution in [3.63, 3.8) is 0 Å². The Morgan fingerprint density at radius 3 is 1.59 bits per heavy atom. The number of sulfone groups is 2. The number of rotatable bonds is 5. The molecule has 1 saturated carbocycles. The first-order valence-electron chi connectivity index (χ1n) is 7.49. The summed E-state index contributed by atoms with van der Waals surface area (Å²) in [4.78, 5) is 11.5. The fourth-order valence-electron chi connectivity index (χ4n) is 2.78. The van der Waals surface area contributed by atoms with E-state index in [1.165, 1.54) is 6.92 Å². The number of carbonyl (C=O) groups is 1. The molecule has 1 aliphatic carbocycles. The van der Waals surface area contributed by atoms with Crippen molar-refractivity contribution in [1.82, 2.24) is 5.32 Å². The Balaban J connectivity index is 3.19. The second-order valence-electron chi connectivity index (χ2n) is 6.22. The molecule has 0 unspecified atom stereocenters. The summed E-state index contributed by atoms with van der Waals surface area (Å²) < 4.78 is 120. The van der Waals surface area contributed by atoms with E-state index in [0.717, 1.165) is 0 Å². The van der Waals surface area contributed by atoms with E-state index < -0.39 is 66.0 Å². The minimum Gasteiger partial charge on any atom is -0.350 e. The van der Waals surface area contributed by atoms with Gasteiger partial charge in [0.05, 0.1) is 0 Å². The largest absolute Gasteiger partial charge is 0.498 e. The molecule has 0 bridgehead atoms. The lowest BCUT2D eigenvalue weighted by Gasteiger charge is -2.34. The Hall–Kier alpha value is -1.31. The molecule has 0 atom stereocenters. The zero-order valence-electron chi connectivity index (χ0n) is 13.9. The number of carbonyl (C=O) groups excluding carboxylic acids is 1. The molecule has 0 radical (unpaired) electrons. The van der Waals surface area contributed by atoms with Crippen molar-refractivity contribution in [2.75, 3.05) is 0 Å². The van der Waals surface area contributed by atoms with Gasteiger partial charge in [-0.3, -0.25) is 4.79 Å². The monoisotopic (exact) mass is 445 g/mol. The van der Waals surface area contributed by atoms with E-state index in [1.807, 2.05) is 0 Å². The van der Waals surface area contributed by atoms with Crippen molar-refractivity contribution < 1.29 is 48.0 Å². The average Bonchev–Trinajstić information content (AvgIpc) is 2.46. The zero-order valence-corrected chi connectivity index (χ0v) is 15.5. The van der Waals surface area contributed by atoms with Crippen molar-refractivity contribution >= 4 is 25.6 Å². The SMILES string of the molecule is C=C(C)C(=O)NC1CCC(C(S(=O)(=O)C(F)(F)F)S(=O)(=O)C(F)(F)F)CC1. The molecule has 158 valence electrons. The molecule has 1 N–H and O–H groups in total. The second kappa shape index (κ2) is 7.60. The lowest BCUT2D eigenvalue weighted by atomic mass is 9.87. The molecule has 0 heterocycles. The Kier molecular flexibility index (Phi) is 6.68. The standard InChI is InChI=1S/C13H17F6NO5S2/c1-7(2)10(21)20-9-5-3-8(4-6-9)11(26(22,23)12(14,15)16)27(24,25)13(17,18)19/h8-9,11H,1,3-6H2,2H3,(H,20,21). The Morgan fingerprint density at radius 1 is 0.926 bits per heavy atom. The van der Waals surface area contributed by atoms with Crippen LogP contribution in [0.5, 0.6) is 0 Å². The summed E-state index contributed by atoms with van der Waals surface area (Å²) in [5, 5.41) is 2.43. The number of hydrogen-bond acceptors (Lipinski definition) is 5. The van der Waals surface area contributed by atoms with Gasteiger partial charge >= 0.3 is 11.0 Å². The van der Waals surface area contributed by atoms with Gasteiger partial charge in [-0.15, -0.1) is 0 Å². The summed E-state index contributed by atoms with van der Waals surface area (Å²) in [6.07, 6.45) is -1.48. The third-order valence-corrected chi connectivity index (χ3v) is 8.94. The first kappa shape index (κ1) is 23.7. The van der Waals surface area contributed by atoms with Crippen molar-refractivity contribution in [2.24, 2.45) is 5.92 Å². The van der Waals surface area contributed by atoms with E-state index in [4.69, 9.17) is 0 Å². The lowest BCUT2D eigenvalue weighted by Crippen LogP contribution is -2.50. The highest BCUT2D eigenvalue weighted by Crippen LogP contribution is 2.43. The van der Waals surface area contributed by atoms with Crippen LogP contribution in [0.1, 0.15) is 32.6 Å². The molecule has 0 aromatic rings. The quantitative estimate of drug-likeness (QED) is 0.518. The molecule has 1 fully saturated rings. The van der Waals surface area contributed by atoms with Crippen LogP contribution in [0.4, 0.5) is 26.3 Å². The van der Waals surface area contributed by atoms with Gasteiger partial charge < -0.3 is 5.32 Å². The molecule has 1 rings (SSSR count). The number of alkyl halides is 6. The second-order valence-corrected chi connectivity index (χ2v) is 10.6. The molecular weight excluding hydrogens is 428 g/mol. The van der Waals surface area contributed by atoms with Gasteiger partial charge in [0.25, 0.3) is 19.7 Å². The Morgan fingerprint density at radius 2 is 1.30 bits per heavy atom. The van der Waals surface area contributed by atoms with Gasteiger partial charge in [-0.25, -0.2) is 16.8 Å². The molecule has 6 nitrogen and oxygen atoms in total. The first-order valence-corrected chi connectivity index (χ1v) is 10.6. The maximum absolute atomic E-state index is 12.8. The molecular formula is C13H17F6NO5S2. The summed E-state index contributed by atoms with van der Waals surface area (Å²) in [5.41, 5.74) is -12.2. The Labute approximate surface area is 151 Å². The molecule has 0 spiro atoms. The smallest absolute Gasteiger partial charge is 0.350 e. The third kappa shape index (κ3) is 4.95. The third-order valence-electron chi connectivity index (χ3n) is 4.14. The normalized spacial score (nSPS) is 22.5. The van der Waals surface area contributed by atoms with Crippen molar-refractivity contribution in [2.45, 2.75) is 54.2 Å². The van der Waals surface area contributed by atoms with Crippen LogP contribution >= 0.6 is 0 Å². The maximum Gasteiger partial charge on any atom is 0.498 e. The summed E-state index contributed by atoms with van der Waals surface area (Å²) in [6, 6.07) is -0.645.